The number of carboxylic acids is 2. The molecule has 2 N–H and O–H groups in total. The fourth-order valence-corrected chi connectivity index (χ4v) is 2.23. The van der Waals surface area contributed by atoms with E-state index in [-0.39, 0.29) is 24.9 Å². The second-order valence-corrected chi connectivity index (χ2v) is 7.28. The van der Waals surface area contributed by atoms with Gasteiger partial charge < -0.3 is 24.2 Å². The summed E-state index contributed by atoms with van der Waals surface area (Å²) in [6, 6.07) is -0.164. The van der Waals surface area contributed by atoms with E-state index in [1.54, 1.807) is 6.92 Å². The highest BCUT2D eigenvalue weighted by molar-refractivity contribution is 7.90. The van der Waals surface area contributed by atoms with Crippen LogP contribution in [0.1, 0.15) is 6.92 Å². The van der Waals surface area contributed by atoms with Gasteiger partial charge >= 0.3 is 37.2 Å². The molecule has 1 aromatic heterocycles. The molecule has 0 fully saturated rings. The van der Waals surface area contributed by atoms with Crippen LogP contribution in [0.4, 0.5) is 0 Å². The number of hydrogen-bond donors (Lipinski definition) is 2. The van der Waals surface area contributed by atoms with Crippen LogP contribution in [0.25, 0.3) is 0 Å². The summed E-state index contributed by atoms with van der Waals surface area (Å²) >= 11 is 0. The Morgan fingerprint density at radius 1 is 1.15 bits per heavy atom. The molecular formula is C12H16BN2O11S+. The maximum Gasteiger partial charge on any atom is 0.873 e. The van der Waals surface area contributed by atoms with Crippen molar-refractivity contribution in [2.75, 3.05) is 12.0 Å². The van der Waals surface area contributed by atoms with Crippen LogP contribution in [0.2, 0.25) is 0 Å². The fraction of sp³-hybridized carbons (Fsp3) is 0.417. The number of aryl methyl sites for hydroxylation is 2. The number of aliphatic carboxylic acids is 2. The fourth-order valence-electron chi connectivity index (χ4n) is 1.70. The topological polar surface area (TPSA) is 179 Å². The summed E-state index contributed by atoms with van der Waals surface area (Å²) in [4.78, 5) is 43.6. The number of imidazole rings is 1. The first kappa shape index (κ1) is 21.9. The van der Waals surface area contributed by atoms with Crippen molar-refractivity contribution in [2.24, 2.45) is 0 Å². The molecule has 0 aliphatic carbocycles. The molecule has 13 nitrogen and oxygen atoms in total. The minimum atomic E-state index is -3.34. The van der Waals surface area contributed by atoms with Crippen LogP contribution in [0.15, 0.2) is 12.4 Å². The summed E-state index contributed by atoms with van der Waals surface area (Å²) in [5.41, 5.74) is 0. The van der Waals surface area contributed by atoms with E-state index in [1.807, 2.05) is 0 Å². The molecule has 0 saturated carbocycles. The summed E-state index contributed by atoms with van der Waals surface area (Å²) < 4.78 is 39.0. The van der Waals surface area contributed by atoms with Gasteiger partial charge in [0.1, 0.15) is 18.9 Å². The summed E-state index contributed by atoms with van der Waals surface area (Å²) in [6.45, 7) is 1.87. The summed E-state index contributed by atoms with van der Waals surface area (Å²) in [5.74, 6) is -8.08. The molecule has 15 heteroatoms. The molecule has 0 atom stereocenters. The highest BCUT2D eigenvalue weighted by Gasteiger charge is 2.42. The van der Waals surface area contributed by atoms with E-state index in [0.717, 1.165) is 6.26 Å². The van der Waals surface area contributed by atoms with Crippen molar-refractivity contribution in [2.45, 2.75) is 20.0 Å². The summed E-state index contributed by atoms with van der Waals surface area (Å²) in [7, 11) is -5.67. The number of carboxylic acid groups (broad SMARTS) is 2. The standard InChI is InChI=1S/C12H15BN2O11S/c1-3-14-4-5-15(6-7-27(2,22)23)12(14)26-13(24-10(20)8(16)17)25-11(21)9(18)19/h4-5H,3,6-7H2,1-2H3,(H-,16,17,18,19)/p+1. The second-order valence-electron chi connectivity index (χ2n) is 5.02. The monoisotopic (exact) mass is 407 g/mol. The Labute approximate surface area is 153 Å². The van der Waals surface area contributed by atoms with Gasteiger partial charge in [0.05, 0.1) is 12.3 Å². The minimum absolute atomic E-state index is 0.0896. The summed E-state index contributed by atoms with van der Waals surface area (Å²) in [6.07, 6.45) is 3.89. The van der Waals surface area contributed by atoms with Crippen LogP contribution in [0.3, 0.4) is 0 Å². The van der Waals surface area contributed by atoms with Crippen molar-refractivity contribution in [3.8, 4) is 6.01 Å². The number of carbonyl (C=O) groups excluding carboxylic acids is 2. The number of sulfone groups is 1. The molecule has 0 amide bonds. The SMILES string of the molecule is CCn1cc[n+](CCS(C)(=O)=O)c1OB(OC(=O)C(=O)O)OC(=O)C(=O)O. The Bertz CT molecular complexity index is 820. The van der Waals surface area contributed by atoms with Gasteiger partial charge in [-0.1, -0.05) is 0 Å². The van der Waals surface area contributed by atoms with E-state index < -0.39 is 41.0 Å². The van der Waals surface area contributed by atoms with Gasteiger partial charge in [-0.2, -0.15) is 9.13 Å². The van der Waals surface area contributed by atoms with Gasteiger partial charge in [0.15, 0.2) is 9.84 Å². The zero-order chi connectivity index (χ0) is 20.8. The third-order valence-electron chi connectivity index (χ3n) is 2.92. The number of rotatable bonds is 8. The maximum atomic E-state index is 11.3. The Kier molecular flexibility index (Phi) is 7.33. The molecule has 0 unspecified atom stereocenters. The first-order valence-electron chi connectivity index (χ1n) is 7.25. The second kappa shape index (κ2) is 9.02. The lowest BCUT2D eigenvalue weighted by Crippen LogP contribution is -2.45. The number of hydrogen-bond acceptors (Lipinski definition) is 9. The van der Waals surface area contributed by atoms with Gasteiger partial charge in [0.2, 0.25) is 0 Å². The van der Waals surface area contributed by atoms with Gasteiger partial charge in [-0.05, 0) is 6.92 Å². The highest BCUT2D eigenvalue weighted by Crippen LogP contribution is 2.09. The van der Waals surface area contributed by atoms with Crippen LogP contribution in [-0.4, -0.2) is 66.4 Å². The van der Waals surface area contributed by atoms with Gasteiger partial charge in [-0.25, -0.2) is 27.6 Å². The average molecular weight is 407 g/mol. The maximum absolute atomic E-state index is 11.3. The number of nitrogens with zero attached hydrogens (tertiary/aromatic N) is 2. The molecule has 0 aromatic carbocycles. The van der Waals surface area contributed by atoms with Crippen molar-refractivity contribution < 1.29 is 56.3 Å². The summed E-state index contributed by atoms with van der Waals surface area (Å²) in [5, 5.41) is 17.1. The predicted molar refractivity (Wildman–Crippen MR) is 83.8 cm³/mol. The van der Waals surface area contributed by atoms with E-state index >= 15 is 0 Å². The van der Waals surface area contributed by atoms with Crippen molar-refractivity contribution >= 4 is 41.0 Å². The zero-order valence-electron chi connectivity index (χ0n) is 14.2. The largest absolute Gasteiger partial charge is 0.873 e. The molecule has 0 radical (unpaired) electrons. The molecule has 148 valence electrons. The van der Waals surface area contributed by atoms with Crippen molar-refractivity contribution in [3.63, 3.8) is 0 Å². The van der Waals surface area contributed by atoms with Crippen LogP contribution < -0.4 is 9.22 Å². The Balaban J connectivity index is 3.12. The first-order chi connectivity index (χ1) is 12.4. The van der Waals surface area contributed by atoms with E-state index in [2.05, 4.69) is 9.31 Å². The molecule has 0 aliphatic heterocycles. The molecular weight excluding hydrogens is 391 g/mol. The van der Waals surface area contributed by atoms with E-state index in [4.69, 9.17) is 14.9 Å². The van der Waals surface area contributed by atoms with Crippen LogP contribution >= 0.6 is 0 Å². The van der Waals surface area contributed by atoms with Crippen LogP contribution in [-0.2, 0) is 51.4 Å². The molecule has 0 bridgehead atoms. The minimum Gasteiger partial charge on any atom is -0.473 e. The van der Waals surface area contributed by atoms with Gasteiger partial charge in [-0.15, -0.1) is 0 Å². The van der Waals surface area contributed by atoms with Gasteiger partial charge in [0.25, 0.3) is 0 Å². The van der Waals surface area contributed by atoms with Gasteiger partial charge in [0, 0.05) is 6.26 Å². The third-order valence-corrected chi connectivity index (χ3v) is 3.84. The molecule has 1 aromatic rings. The van der Waals surface area contributed by atoms with E-state index in [9.17, 15) is 27.6 Å². The highest BCUT2D eigenvalue weighted by atomic mass is 32.2. The smallest absolute Gasteiger partial charge is 0.473 e. The zero-order valence-corrected chi connectivity index (χ0v) is 15.0. The van der Waals surface area contributed by atoms with Crippen LogP contribution in [0, 0.1) is 0 Å². The van der Waals surface area contributed by atoms with Crippen LogP contribution in [0.5, 0.6) is 6.01 Å². The average Bonchev–Trinajstić information content (AvgIpc) is 2.93. The number of aromatic nitrogens is 2. The quantitative estimate of drug-likeness (QED) is 0.263. The van der Waals surface area contributed by atoms with Crippen molar-refractivity contribution in [1.29, 1.82) is 0 Å². The molecule has 0 spiro atoms. The molecule has 0 aliphatic rings. The molecule has 0 saturated heterocycles. The molecule has 1 rings (SSSR count). The Hall–Kier alpha value is -3.10. The lowest BCUT2D eigenvalue weighted by Gasteiger charge is -2.11. The lowest BCUT2D eigenvalue weighted by molar-refractivity contribution is -0.695. The van der Waals surface area contributed by atoms with Crippen molar-refractivity contribution in [1.82, 2.24) is 4.57 Å². The first-order valence-corrected chi connectivity index (χ1v) is 9.31. The normalized spacial score (nSPS) is 10.7. The predicted octanol–water partition coefficient (Wildman–Crippen LogP) is -2.54. The Morgan fingerprint density at radius 2 is 1.67 bits per heavy atom. The van der Waals surface area contributed by atoms with E-state index in [0.29, 0.717) is 0 Å². The lowest BCUT2D eigenvalue weighted by atomic mass is 10.2. The number of carbonyl (C=O) groups is 4. The Morgan fingerprint density at radius 3 is 2.07 bits per heavy atom. The molecule has 1 heterocycles. The van der Waals surface area contributed by atoms with Gasteiger partial charge in [-0.3, -0.25) is 0 Å². The van der Waals surface area contributed by atoms with Crippen molar-refractivity contribution in [3.05, 3.63) is 12.4 Å². The molecule has 27 heavy (non-hydrogen) atoms. The third kappa shape index (κ3) is 6.97. The van der Waals surface area contributed by atoms with E-state index in [1.165, 1.54) is 21.5 Å².